The van der Waals surface area contributed by atoms with Crippen molar-refractivity contribution in [2.24, 2.45) is 0 Å². The number of aromatic carboxylic acids is 1. The van der Waals surface area contributed by atoms with Gasteiger partial charge < -0.3 is 5.11 Å². The van der Waals surface area contributed by atoms with Gasteiger partial charge in [-0.3, -0.25) is 0 Å². The molecule has 0 aliphatic rings. The van der Waals surface area contributed by atoms with Crippen LogP contribution in [-0.2, 0) is 6.42 Å². The molecule has 5 heteroatoms. The molecule has 0 amide bonds. The summed E-state index contributed by atoms with van der Waals surface area (Å²) in [5.74, 6) is -0.104. The van der Waals surface area contributed by atoms with Crippen molar-refractivity contribution in [2.45, 2.75) is 39.5 Å². The van der Waals surface area contributed by atoms with Gasteiger partial charge in [0.2, 0.25) is 0 Å². The van der Waals surface area contributed by atoms with Gasteiger partial charge in [0.05, 0.1) is 5.69 Å². The summed E-state index contributed by atoms with van der Waals surface area (Å²) >= 11 is 0. The van der Waals surface area contributed by atoms with E-state index in [1.165, 1.54) is 5.56 Å². The Bertz CT molecular complexity index is 600. The van der Waals surface area contributed by atoms with Crippen LogP contribution in [0.2, 0.25) is 0 Å². The second-order valence-corrected chi connectivity index (χ2v) is 5.06. The van der Waals surface area contributed by atoms with Crippen LogP contribution >= 0.6 is 0 Å². The van der Waals surface area contributed by atoms with E-state index in [2.05, 4.69) is 23.9 Å². The molecule has 20 heavy (non-hydrogen) atoms. The van der Waals surface area contributed by atoms with Crippen molar-refractivity contribution in [2.75, 3.05) is 0 Å². The van der Waals surface area contributed by atoms with Gasteiger partial charge >= 0.3 is 5.97 Å². The number of carboxylic acids is 1. The maximum absolute atomic E-state index is 11.0. The predicted octanol–water partition coefficient (Wildman–Crippen LogP) is 3.04. The summed E-state index contributed by atoms with van der Waals surface area (Å²) in [5, 5.41) is 13.1. The minimum Gasteiger partial charge on any atom is -0.475 e. The third-order valence-electron chi connectivity index (χ3n) is 3.14. The summed E-state index contributed by atoms with van der Waals surface area (Å²) < 4.78 is 1.62. The molecule has 2 rings (SSSR count). The van der Waals surface area contributed by atoms with E-state index in [-0.39, 0.29) is 5.82 Å². The van der Waals surface area contributed by atoms with Crippen LogP contribution in [0.15, 0.2) is 24.3 Å². The molecule has 1 N–H and O–H groups in total. The summed E-state index contributed by atoms with van der Waals surface area (Å²) in [4.78, 5) is 15.1. The van der Waals surface area contributed by atoms with Gasteiger partial charge in [0, 0.05) is 6.42 Å². The molecule has 0 aliphatic carbocycles. The Kier molecular flexibility index (Phi) is 4.17. The number of carboxylic acid groups (broad SMARTS) is 1. The lowest BCUT2D eigenvalue weighted by Gasteiger charge is -2.08. The number of rotatable bonds is 5. The molecule has 106 valence electrons. The molecule has 1 aromatic carbocycles. The lowest BCUT2D eigenvalue weighted by molar-refractivity contribution is 0.0683. The smallest absolute Gasteiger partial charge is 0.375 e. The molecule has 0 saturated heterocycles. The van der Waals surface area contributed by atoms with Crippen LogP contribution in [0.4, 0.5) is 0 Å². The van der Waals surface area contributed by atoms with Gasteiger partial charge in [0.1, 0.15) is 5.82 Å². The Balaban J connectivity index is 2.42. The van der Waals surface area contributed by atoms with Gasteiger partial charge in [0.25, 0.3) is 5.82 Å². The predicted molar refractivity (Wildman–Crippen MR) is 76.4 cm³/mol. The van der Waals surface area contributed by atoms with Gasteiger partial charge in [0.15, 0.2) is 0 Å². The topological polar surface area (TPSA) is 68.0 Å². The van der Waals surface area contributed by atoms with Gasteiger partial charge in [-0.1, -0.05) is 32.9 Å². The number of benzene rings is 1. The highest BCUT2D eigenvalue weighted by Gasteiger charge is 2.15. The van der Waals surface area contributed by atoms with E-state index >= 15 is 0 Å². The lowest BCUT2D eigenvalue weighted by Crippen LogP contribution is -2.04. The van der Waals surface area contributed by atoms with Crippen molar-refractivity contribution in [3.05, 3.63) is 41.5 Å². The van der Waals surface area contributed by atoms with E-state index in [0.717, 1.165) is 12.1 Å². The third kappa shape index (κ3) is 2.87. The van der Waals surface area contributed by atoms with Crippen molar-refractivity contribution in [3.8, 4) is 5.69 Å². The molecular formula is C15H19N3O2. The van der Waals surface area contributed by atoms with E-state index in [0.29, 0.717) is 18.2 Å². The van der Waals surface area contributed by atoms with Crippen molar-refractivity contribution in [1.82, 2.24) is 14.8 Å². The number of aromatic nitrogens is 3. The Morgan fingerprint density at radius 3 is 2.45 bits per heavy atom. The minimum absolute atomic E-state index is 0.151. The van der Waals surface area contributed by atoms with Gasteiger partial charge in [-0.2, -0.15) is 0 Å². The SMILES string of the molecule is CCCc1nc(C(=O)O)nn1-c1ccc(C(C)C)cc1. The number of nitrogens with zero attached hydrogens (tertiary/aromatic N) is 3. The fourth-order valence-corrected chi connectivity index (χ4v) is 2.03. The molecule has 0 spiro atoms. The van der Waals surface area contributed by atoms with Gasteiger partial charge in [-0.25, -0.2) is 14.5 Å². The zero-order chi connectivity index (χ0) is 14.7. The first-order valence-electron chi connectivity index (χ1n) is 6.82. The molecule has 1 aromatic heterocycles. The first-order chi connectivity index (χ1) is 9.52. The molecule has 0 fully saturated rings. The molecule has 0 bridgehead atoms. The fraction of sp³-hybridized carbons (Fsp3) is 0.400. The molecule has 0 saturated carbocycles. The highest BCUT2D eigenvalue weighted by Crippen LogP contribution is 2.18. The van der Waals surface area contributed by atoms with Crippen molar-refractivity contribution < 1.29 is 9.90 Å². The largest absolute Gasteiger partial charge is 0.475 e. The molecule has 1 heterocycles. The summed E-state index contributed by atoms with van der Waals surface area (Å²) in [7, 11) is 0. The van der Waals surface area contributed by atoms with E-state index in [4.69, 9.17) is 5.11 Å². The highest BCUT2D eigenvalue weighted by atomic mass is 16.4. The van der Waals surface area contributed by atoms with E-state index in [1.54, 1.807) is 4.68 Å². The second-order valence-electron chi connectivity index (χ2n) is 5.06. The van der Waals surface area contributed by atoms with Gasteiger partial charge in [-0.15, -0.1) is 5.10 Å². The molecule has 5 nitrogen and oxygen atoms in total. The number of carbonyl (C=O) groups is 1. The standard InChI is InChI=1S/C15H19N3O2/c1-4-5-13-16-14(15(19)20)17-18(13)12-8-6-11(7-9-12)10(2)3/h6-10H,4-5H2,1-3H3,(H,19,20). The Morgan fingerprint density at radius 2 is 1.95 bits per heavy atom. The second kappa shape index (κ2) is 5.86. The number of hydrogen-bond donors (Lipinski definition) is 1. The van der Waals surface area contributed by atoms with E-state index in [9.17, 15) is 4.79 Å². The maximum Gasteiger partial charge on any atom is 0.375 e. The average molecular weight is 273 g/mol. The van der Waals surface area contributed by atoms with Gasteiger partial charge in [-0.05, 0) is 30.0 Å². The Labute approximate surface area is 118 Å². The zero-order valence-electron chi connectivity index (χ0n) is 12.0. The molecule has 2 aromatic rings. The minimum atomic E-state index is -1.10. The Morgan fingerprint density at radius 1 is 1.30 bits per heavy atom. The van der Waals surface area contributed by atoms with E-state index in [1.807, 2.05) is 31.2 Å². The monoisotopic (exact) mass is 273 g/mol. The van der Waals surface area contributed by atoms with Crippen molar-refractivity contribution >= 4 is 5.97 Å². The zero-order valence-corrected chi connectivity index (χ0v) is 12.0. The van der Waals surface area contributed by atoms with Crippen molar-refractivity contribution in [1.29, 1.82) is 0 Å². The average Bonchev–Trinajstić information content (AvgIpc) is 2.83. The van der Waals surface area contributed by atoms with Crippen LogP contribution in [0.5, 0.6) is 0 Å². The maximum atomic E-state index is 11.0. The highest BCUT2D eigenvalue weighted by molar-refractivity contribution is 5.83. The molecule has 0 atom stereocenters. The third-order valence-corrected chi connectivity index (χ3v) is 3.14. The Hall–Kier alpha value is -2.17. The quantitative estimate of drug-likeness (QED) is 0.909. The summed E-state index contributed by atoms with van der Waals surface area (Å²) in [6.07, 6.45) is 1.59. The molecule has 0 aliphatic heterocycles. The first kappa shape index (κ1) is 14.2. The lowest BCUT2D eigenvalue weighted by atomic mass is 10.0. The van der Waals surface area contributed by atoms with Crippen molar-refractivity contribution in [3.63, 3.8) is 0 Å². The number of hydrogen-bond acceptors (Lipinski definition) is 3. The first-order valence-corrected chi connectivity index (χ1v) is 6.82. The summed E-state index contributed by atoms with van der Waals surface area (Å²) in [5.41, 5.74) is 2.09. The van der Waals surface area contributed by atoms with Crippen LogP contribution in [0, 0.1) is 0 Å². The summed E-state index contributed by atoms with van der Waals surface area (Å²) in [6, 6.07) is 7.99. The number of aryl methyl sites for hydroxylation is 1. The normalized spacial score (nSPS) is 11.0. The van der Waals surface area contributed by atoms with Crippen LogP contribution in [0.1, 0.15) is 55.1 Å². The summed E-state index contributed by atoms with van der Waals surface area (Å²) in [6.45, 7) is 6.30. The van der Waals surface area contributed by atoms with Crippen LogP contribution in [0.25, 0.3) is 5.69 Å². The molecular weight excluding hydrogens is 254 g/mol. The molecule has 0 unspecified atom stereocenters. The van der Waals surface area contributed by atoms with Crippen LogP contribution < -0.4 is 0 Å². The van der Waals surface area contributed by atoms with E-state index < -0.39 is 5.97 Å². The fourth-order valence-electron chi connectivity index (χ4n) is 2.03. The molecule has 0 radical (unpaired) electrons. The van der Waals surface area contributed by atoms with Crippen LogP contribution in [0.3, 0.4) is 0 Å². The van der Waals surface area contributed by atoms with Crippen LogP contribution in [-0.4, -0.2) is 25.8 Å².